The predicted molar refractivity (Wildman–Crippen MR) is 42.8 cm³/mol. The Hall–Kier alpha value is 0.0969. The molecule has 0 radical (unpaired) electrons. The second kappa shape index (κ2) is 7.21. The molecule has 0 aliphatic carbocycles. The first kappa shape index (κ1) is 10.1. The van der Waals surface area contributed by atoms with Gasteiger partial charge in [0.2, 0.25) is 0 Å². The van der Waals surface area contributed by atoms with Crippen LogP contribution >= 0.6 is 0 Å². The van der Waals surface area contributed by atoms with Crippen molar-refractivity contribution in [2.45, 2.75) is 19.3 Å². The van der Waals surface area contributed by atoms with Gasteiger partial charge < -0.3 is 13.9 Å². The average molecular weight is 164 g/mol. The summed E-state index contributed by atoms with van der Waals surface area (Å²) in [6.45, 7) is 2.65. The number of methoxy groups -OCH3 is 2. The third kappa shape index (κ3) is 4.93. The van der Waals surface area contributed by atoms with E-state index in [-0.39, 0.29) is 16.1 Å². The van der Waals surface area contributed by atoms with Gasteiger partial charge in [-0.2, -0.15) is 0 Å². The molecule has 0 heterocycles. The number of rotatable bonds is 6. The van der Waals surface area contributed by atoms with E-state index in [1.54, 1.807) is 14.2 Å². The maximum absolute atomic E-state index is 5.37. The Morgan fingerprint density at radius 1 is 1.40 bits per heavy atom. The third-order valence-corrected chi connectivity index (χ3v) is 2.09. The second-order valence-electron chi connectivity index (χ2n) is 1.99. The molecule has 0 fully saturated rings. The number of ether oxygens (including phenoxy) is 2. The molecule has 0 aliphatic heterocycles. The number of hydrogen-bond donors (Lipinski definition) is 0. The Kier molecular flexibility index (Phi) is 7.28. The fraction of sp³-hybridized carbons (Fsp3) is 1.00. The molecule has 0 spiro atoms. The lowest BCUT2D eigenvalue weighted by atomic mass is 10.7. The fourth-order valence-corrected chi connectivity index (χ4v) is 1.30. The van der Waals surface area contributed by atoms with Gasteiger partial charge in [-0.1, -0.05) is 6.92 Å². The van der Waals surface area contributed by atoms with Gasteiger partial charge in [0.05, 0.1) is 6.61 Å². The molecule has 0 aromatic heterocycles. The van der Waals surface area contributed by atoms with Crippen LogP contribution in [0.25, 0.3) is 0 Å². The topological polar surface area (TPSA) is 27.7 Å². The van der Waals surface area contributed by atoms with E-state index in [1.807, 2.05) is 0 Å². The molecule has 0 aliphatic rings. The fourth-order valence-electron chi connectivity index (χ4n) is 0.570. The lowest BCUT2D eigenvalue weighted by molar-refractivity contribution is -0.0927. The van der Waals surface area contributed by atoms with Crippen molar-refractivity contribution >= 4 is 9.76 Å². The predicted octanol–water partition coefficient (Wildman–Crippen LogP) is 0.144. The van der Waals surface area contributed by atoms with Gasteiger partial charge in [0.1, 0.15) is 0 Å². The largest absolute Gasteiger partial charge is 0.398 e. The molecule has 1 atom stereocenters. The summed E-state index contributed by atoms with van der Waals surface area (Å²) < 4.78 is 15.2. The summed E-state index contributed by atoms with van der Waals surface area (Å²) in [6.07, 6.45) is -0.142. The molecule has 0 saturated carbocycles. The Morgan fingerprint density at radius 3 is 2.50 bits per heavy atom. The molecule has 0 saturated heterocycles. The monoisotopic (exact) mass is 164 g/mol. The molecule has 0 rings (SSSR count). The van der Waals surface area contributed by atoms with Gasteiger partial charge in [-0.05, 0) is 6.04 Å². The minimum atomic E-state index is -0.362. The molecule has 0 aromatic rings. The van der Waals surface area contributed by atoms with Crippen molar-refractivity contribution in [3.8, 4) is 0 Å². The second-order valence-corrected chi connectivity index (χ2v) is 3.73. The van der Waals surface area contributed by atoms with E-state index < -0.39 is 0 Å². The Bertz CT molecular complexity index is 70.0. The van der Waals surface area contributed by atoms with E-state index in [0.717, 1.165) is 6.04 Å². The minimum Gasteiger partial charge on any atom is -0.398 e. The Morgan fingerprint density at radius 2 is 2.10 bits per heavy atom. The molecule has 1 unspecified atom stereocenters. The molecular formula is C6H16O3Si. The highest BCUT2D eigenvalue weighted by Crippen LogP contribution is 1.92. The van der Waals surface area contributed by atoms with Crippen molar-refractivity contribution in [2.24, 2.45) is 0 Å². The molecule has 62 valence electrons. The molecule has 3 nitrogen and oxygen atoms in total. The molecule has 0 bridgehead atoms. The lowest BCUT2D eigenvalue weighted by Crippen LogP contribution is -2.22. The van der Waals surface area contributed by atoms with Gasteiger partial charge in [-0.3, -0.25) is 0 Å². The minimum absolute atomic E-state index is 0.142. The Balaban J connectivity index is 3.21. The van der Waals surface area contributed by atoms with Crippen LogP contribution in [-0.2, 0) is 13.9 Å². The van der Waals surface area contributed by atoms with E-state index in [2.05, 4.69) is 6.92 Å². The third-order valence-electron chi connectivity index (χ3n) is 1.07. The average Bonchev–Trinajstić information content (AvgIpc) is 1.98. The van der Waals surface area contributed by atoms with Crippen LogP contribution in [0, 0.1) is 0 Å². The van der Waals surface area contributed by atoms with E-state index in [4.69, 9.17) is 13.9 Å². The summed E-state index contributed by atoms with van der Waals surface area (Å²) in [5.41, 5.74) is 0. The Labute approximate surface area is 64.6 Å². The van der Waals surface area contributed by atoms with Crippen molar-refractivity contribution in [1.29, 1.82) is 0 Å². The van der Waals surface area contributed by atoms with Crippen LogP contribution in [0.1, 0.15) is 6.92 Å². The van der Waals surface area contributed by atoms with Gasteiger partial charge >= 0.3 is 0 Å². The number of hydrogen-bond acceptors (Lipinski definition) is 3. The van der Waals surface area contributed by atoms with Gasteiger partial charge in [-0.15, -0.1) is 0 Å². The highest BCUT2D eigenvalue weighted by atomic mass is 28.2. The standard InChI is InChI=1S/C6H16O3Si/c1-4-10-9-6(8-3)5-7-2/h6H,4-5,10H2,1-3H3. The molecule has 0 N–H and O–H groups in total. The zero-order chi connectivity index (χ0) is 7.82. The SMILES string of the molecule is CC[SiH2]OC(COC)OC. The maximum atomic E-state index is 5.37. The first-order valence-corrected chi connectivity index (χ1v) is 5.06. The van der Waals surface area contributed by atoms with Crippen molar-refractivity contribution in [3.63, 3.8) is 0 Å². The lowest BCUT2D eigenvalue weighted by Gasteiger charge is -2.14. The van der Waals surface area contributed by atoms with Crippen LogP contribution in [0.5, 0.6) is 0 Å². The van der Waals surface area contributed by atoms with Crippen molar-refractivity contribution < 1.29 is 13.9 Å². The quantitative estimate of drug-likeness (QED) is 0.413. The van der Waals surface area contributed by atoms with Crippen LogP contribution in [0.4, 0.5) is 0 Å². The van der Waals surface area contributed by atoms with E-state index >= 15 is 0 Å². The molecule has 10 heavy (non-hydrogen) atoms. The first-order chi connectivity index (χ1) is 4.85. The van der Waals surface area contributed by atoms with Crippen molar-refractivity contribution in [1.82, 2.24) is 0 Å². The van der Waals surface area contributed by atoms with E-state index in [1.165, 1.54) is 0 Å². The zero-order valence-corrected chi connectivity index (χ0v) is 8.34. The van der Waals surface area contributed by atoms with Gasteiger partial charge in [0.15, 0.2) is 16.1 Å². The molecular weight excluding hydrogens is 148 g/mol. The van der Waals surface area contributed by atoms with Crippen LogP contribution in [0.2, 0.25) is 6.04 Å². The van der Waals surface area contributed by atoms with Crippen molar-refractivity contribution in [2.75, 3.05) is 20.8 Å². The highest BCUT2D eigenvalue weighted by Gasteiger charge is 2.03. The zero-order valence-electron chi connectivity index (χ0n) is 6.92. The summed E-state index contributed by atoms with van der Waals surface area (Å²) in [7, 11) is 2.91. The van der Waals surface area contributed by atoms with Crippen molar-refractivity contribution in [3.05, 3.63) is 0 Å². The van der Waals surface area contributed by atoms with Crippen LogP contribution in [0.15, 0.2) is 0 Å². The smallest absolute Gasteiger partial charge is 0.170 e. The van der Waals surface area contributed by atoms with Crippen LogP contribution in [0.3, 0.4) is 0 Å². The summed E-state index contributed by atoms with van der Waals surface area (Å²) in [5, 5.41) is 0. The van der Waals surface area contributed by atoms with Crippen LogP contribution < -0.4 is 0 Å². The summed E-state index contributed by atoms with van der Waals surface area (Å²) >= 11 is 0. The van der Waals surface area contributed by atoms with Crippen LogP contribution in [-0.4, -0.2) is 36.9 Å². The normalized spacial score (nSPS) is 14.7. The summed E-state index contributed by atoms with van der Waals surface area (Å²) in [6, 6.07) is 1.14. The van der Waals surface area contributed by atoms with E-state index in [9.17, 15) is 0 Å². The van der Waals surface area contributed by atoms with Gasteiger partial charge in [-0.25, -0.2) is 0 Å². The van der Waals surface area contributed by atoms with E-state index in [0.29, 0.717) is 6.61 Å². The summed E-state index contributed by atoms with van der Waals surface area (Å²) in [5.74, 6) is 0. The molecule has 0 aromatic carbocycles. The van der Waals surface area contributed by atoms with Gasteiger partial charge in [0, 0.05) is 14.2 Å². The first-order valence-electron chi connectivity index (χ1n) is 3.48. The summed E-state index contributed by atoms with van der Waals surface area (Å²) in [4.78, 5) is 0. The highest BCUT2D eigenvalue weighted by molar-refractivity contribution is 6.26. The van der Waals surface area contributed by atoms with Gasteiger partial charge in [0.25, 0.3) is 0 Å². The maximum Gasteiger partial charge on any atom is 0.170 e. The molecule has 4 heteroatoms. The molecule has 0 amide bonds.